The van der Waals surface area contributed by atoms with E-state index in [0.29, 0.717) is 5.92 Å². The van der Waals surface area contributed by atoms with Gasteiger partial charge in [-0.2, -0.15) is 0 Å². The molecule has 2 unspecified atom stereocenters. The fourth-order valence-corrected chi connectivity index (χ4v) is 2.49. The number of urea groups is 1. The Kier molecular flexibility index (Phi) is 6.27. The Hall–Kier alpha value is -1.79. The number of primary amides is 1. The quantitative estimate of drug-likeness (QED) is 0.570. The van der Waals surface area contributed by atoms with Crippen molar-refractivity contribution in [3.8, 4) is 0 Å². The fourth-order valence-electron chi connectivity index (χ4n) is 2.49. The second-order valence-electron chi connectivity index (χ2n) is 5.48. The van der Waals surface area contributed by atoms with Crippen LogP contribution in [0.2, 0.25) is 0 Å². The largest absolute Gasteiger partial charge is 0.480 e. The van der Waals surface area contributed by atoms with Gasteiger partial charge >= 0.3 is 12.0 Å². The number of nitrogens with one attached hydrogen (secondary N) is 2. The van der Waals surface area contributed by atoms with Crippen LogP contribution in [-0.2, 0) is 9.59 Å². The van der Waals surface area contributed by atoms with Gasteiger partial charge in [-0.15, -0.1) is 0 Å². The van der Waals surface area contributed by atoms with Crippen molar-refractivity contribution < 1.29 is 19.5 Å². The number of aliphatic carboxylic acids is 1. The van der Waals surface area contributed by atoms with Crippen molar-refractivity contribution in [1.82, 2.24) is 10.6 Å². The summed E-state index contributed by atoms with van der Waals surface area (Å²) < 4.78 is 0. The van der Waals surface area contributed by atoms with Gasteiger partial charge in [-0.05, 0) is 25.2 Å². The number of carbonyl (C=O) groups is 3. The first-order valence-corrected chi connectivity index (χ1v) is 6.96. The highest BCUT2D eigenvalue weighted by atomic mass is 16.4. The summed E-state index contributed by atoms with van der Waals surface area (Å²) >= 11 is 0. The van der Waals surface area contributed by atoms with Gasteiger partial charge in [-0.3, -0.25) is 4.79 Å². The van der Waals surface area contributed by atoms with E-state index < -0.39 is 23.9 Å². The van der Waals surface area contributed by atoms with E-state index in [-0.39, 0.29) is 18.9 Å². The maximum atomic E-state index is 11.8. The minimum Gasteiger partial charge on any atom is -0.480 e. The molecule has 0 aromatic carbocycles. The average Bonchev–Trinajstić information content (AvgIpc) is 2.33. The van der Waals surface area contributed by atoms with Gasteiger partial charge in [-0.1, -0.05) is 19.8 Å². The molecule has 0 spiro atoms. The number of carboxylic acid groups (broad SMARTS) is 1. The first-order chi connectivity index (χ1) is 9.38. The van der Waals surface area contributed by atoms with Crippen LogP contribution >= 0.6 is 0 Å². The molecule has 0 aliphatic heterocycles. The van der Waals surface area contributed by atoms with Gasteiger partial charge in [0.15, 0.2) is 0 Å². The van der Waals surface area contributed by atoms with Crippen LogP contribution in [0.3, 0.4) is 0 Å². The van der Waals surface area contributed by atoms with Gasteiger partial charge in [0.1, 0.15) is 6.04 Å². The Morgan fingerprint density at radius 3 is 2.60 bits per heavy atom. The van der Waals surface area contributed by atoms with Crippen LogP contribution < -0.4 is 16.4 Å². The van der Waals surface area contributed by atoms with Gasteiger partial charge in [0, 0.05) is 12.5 Å². The molecule has 0 aromatic heterocycles. The van der Waals surface area contributed by atoms with Gasteiger partial charge in [0.2, 0.25) is 5.91 Å². The summed E-state index contributed by atoms with van der Waals surface area (Å²) in [5.41, 5.74) is 4.98. The van der Waals surface area contributed by atoms with Crippen LogP contribution in [-0.4, -0.2) is 35.1 Å². The van der Waals surface area contributed by atoms with Crippen molar-refractivity contribution in [3.63, 3.8) is 0 Å². The molecule has 1 fully saturated rings. The maximum absolute atomic E-state index is 11.8. The molecule has 1 aliphatic rings. The third-order valence-corrected chi connectivity index (χ3v) is 3.55. The Morgan fingerprint density at radius 1 is 1.35 bits per heavy atom. The van der Waals surface area contributed by atoms with Crippen molar-refractivity contribution in [2.75, 3.05) is 0 Å². The molecule has 1 rings (SSSR count). The number of nitrogens with two attached hydrogens (primary N) is 1. The van der Waals surface area contributed by atoms with Crippen LogP contribution in [0.1, 0.15) is 45.4 Å². The zero-order valence-corrected chi connectivity index (χ0v) is 11.7. The Balaban J connectivity index is 2.40. The first-order valence-electron chi connectivity index (χ1n) is 6.96. The Morgan fingerprint density at radius 2 is 2.05 bits per heavy atom. The van der Waals surface area contributed by atoms with Gasteiger partial charge in [0.05, 0.1) is 0 Å². The van der Waals surface area contributed by atoms with E-state index in [1.807, 2.05) is 0 Å². The standard InChI is InChI=1S/C13H23N3O4/c1-8-3-2-4-9(7-8)15-13(20)16-10(12(18)19)5-6-11(14)17/h8-10H,2-7H2,1H3,(H2,14,17)(H,18,19)(H2,15,16,20)/t8?,9?,10-/m0/s1. The fraction of sp³-hybridized carbons (Fsp3) is 0.769. The van der Waals surface area contributed by atoms with Crippen LogP contribution in [0.4, 0.5) is 4.79 Å². The van der Waals surface area contributed by atoms with Crippen LogP contribution in [0, 0.1) is 5.92 Å². The summed E-state index contributed by atoms with van der Waals surface area (Å²) in [6.45, 7) is 2.14. The molecule has 114 valence electrons. The predicted molar refractivity (Wildman–Crippen MR) is 72.9 cm³/mol. The third-order valence-electron chi connectivity index (χ3n) is 3.55. The summed E-state index contributed by atoms with van der Waals surface area (Å²) in [6, 6.07) is -1.51. The first kappa shape index (κ1) is 16.3. The number of carbonyl (C=O) groups excluding carboxylic acids is 2. The zero-order chi connectivity index (χ0) is 15.1. The van der Waals surface area contributed by atoms with Crippen molar-refractivity contribution in [1.29, 1.82) is 0 Å². The molecular weight excluding hydrogens is 262 g/mol. The van der Waals surface area contributed by atoms with E-state index in [0.717, 1.165) is 25.7 Å². The minimum atomic E-state index is -1.17. The van der Waals surface area contributed by atoms with Gasteiger partial charge < -0.3 is 21.5 Å². The number of hydrogen-bond donors (Lipinski definition) is 4. The molecule has 1 saturated carbocycles. The second-order valence-corrected chi connectivity index (χ2v) is 5.48. The summed E-state index contributed by atoms with van der Waals surface area (Å²) in [4.78, 5) is 33.4. The van der Waals surface area contributed by atoms with Gasteiger partial charge in [-0.25, -0.2) is 9.59 Å². The number of carboxylic acids is 1. The summed E-state index contributed by atoms with van der Waals surface area (Å²) in [5.74, 6) is -1.18. The monoisotopic (exact) mass is 285 g/mol. The van der Waals surface area contributed by atoms with Crippen LogP contribution in [0.25, 0.3) is 0 Å². The molecule has 0 bridgehead atoms. The highest BCUT2D eigenvalue weighted by Gasteiger charge is 2.24. The summed E-state index contributed by atoms with van der Waals surface area (Å²) in [7, 11) is 0. The molecule has 0 radical (unpaired) electrons. The molecule has 20 heavy (non-hydrogen) atoms. The lowest BCUT2D eigenvalue weighted by Gasteiger charge is -2.28. The van der Waals surface area contributed by atoms with Crippen molar-refractivity contribution in [2.45, 2.75) is 57.5 Å². The van der Waals surface area contributed by atoms with Crippen LogP contribution in [0.5, 0.6) is 0 Å². The normalized spacial score (nSPS) is 23.6. The third kappa shape index (κ3) is 5.90. The lowest BCUT2D eigenvalue weighted by Crippen LogP contribution is -2.50. The lowest BCUT2D eigenvalue weighted by atomic mass is 9.87. The van der Waals surface area contributed by atoms with E-state index in [1.165, 1.54) is 0 Å². The zero-order valence-electron chi connectivity index (χ0n) is 11.7. The van der Waals surface area contributed by atoms with Gasteiger partial charge in [0.25, 0.3) is 0 Å². The molecule has 3 atom stereocenters. The van der Waals surface area contributed by atoms with Crippen molar-refractivity contribution in [2.24, 2.45) is 11.7 Å². The Labute approximate surface area is 118 Å². The topological polar surface area (TPSA) is 122 Å². The summed E-state index contributed by atoms with van der Waals surface area (Å²) in [6.07, 6.45) is 3.98. The van der Waals surface area contributed by atoms with E-state index in [1.54, 1.807) is 0 Å². The smallest absolute Gasteiger partial charge is 0.326 e. The van der Waals surface area contributed by atoms with E-state index in [2.05, 4.69) is 17.6 Å². The number of hydrogen-bond acceptors (Lipinski definition) is 3. The predicted octanol–water partition coefficient (Wildman–Crippen LogP) is 0.583. The minimum absolute atomic E-state index is 0.000837. The molecule has 0 aromatic rings. The van der Waals surface area contributed by atoms with E-state index in [4.69, 9.17) is 10.8 Å². The molecule has 1 aliphatic carbocycles. The van der Waals surface area contributed by atoms with E-state index >= 15 is 0 Å². The number of rotatable bonds is 6. The van der Waals surface area contributed by atoms with Crippen molar-refractivity contribution >= 4 is 17.9 Å². The lowest BCUT2D eigenvalue weighted by molar-refractivity contribution is -0.139. The highest BCUT2D eigenvalue weighted by Crippen LogP contribution is 2.23. The molecular formula is C13H23N3O4. The molecule has 7 heteroatoms. The number of amides is 3. The van der Waals surface area contributed by atoms with Crippen molar-refractivity contribution in [3.05, 3.63) is 0 Å². The molecule has 0 heterocycles. The average molecular weight is 285 g/mol. The molecule has 7 nitrogen and oxygen atoms in total. The molecule has 3 amide bonds. The molecule has 0 saturated heterocycles. The van der Waals surface area contributed by atoms with E-state index in [9.17, 15) is 14.4 Å². The summed E-state index contributed by atoms with van der Waals surface area (Å²) in [5, 5.41) is 14.2. The highest BCUT2D eigenvalue weighted by molar-refractivity contribution is 5.83. The van der Waals surface area contributed by atoms with Crippen LogP contribution in [0.15, 0.2) is 0 Å². The second kappa shape index (κ2) is 7.72. The Bertz CT molecular complexity index is 373. The SMILES string of the molecule is CC1CCCC(NC(=O)N[C@@H](CCC(N)=O)C(=O)O)C1. The maximum Gasteiger partial charge on any atom is 0.326 e. The molecule has 5 N–H and O–H groups in total.